The van der Waals surface area contributed by atoms with E-state index in [0.29, 0.717) is 0 Å². The molecular weight excluding hydrogens is 290 g/mol. The first-order chi connectivity index (χ1) is 10.1. The van der Waals surface area contributed by atoms with Crippen LogP contribution in [-0.2, 0) is 6.42 Å². The molecule has 0 aliphatic carbocycles. The fourth-order valence-corrected chi connectivity index (χ4v) is 3.23. The minimum atomic E-state index is -0.248. The van der Waals surface area contributed by atoms with Crippen LogP contribution in [0.5, 0.6) is 17.2 Å². The third kappa shape index (κ3) is 2.52. The topological polar surface area (TPSA) is 77.3 Å². The molecular formula is C16H17ClNO3+. The fraction of sp³-hybridized carbons (Fsp3) is 0.250. The SMILES string of the molecule is Oc1ccc(C2C[NH2+]CCc3c2cc(O)c(O)c3Cl)cc1. The highest BCUT2D eigenvalue weighted by Crippen LogP contribution is 2.42. The van der Waals surface area contributed by atoms with Crippen LogP contribution < -0.4 is 5.32 Å². The number of phenolic OH excluding ortho intramolecular Hbond substituents is 3. The van der Waals surface area contributed by atoms with Gasteiger partial charge < -0.3 is 20.6 Å². The average molecular weight is 307 g/mol. The van der Waals surface area contributed by atoms with Crippen molar-refractivity contribution < 1.29 is 20.6 Å². The predicted octanol–water partition coefficient (Wildman–Crippen LogP) is 1.71. The summed E-state index contributed by atoms with van der Waals surface area (Å²) in [6, 6.07) is 8.66. The molecule has 0 fully saturated rings. The molecule has 0 saturated carbocycles. The number of benzene rings is 2. The predicted molar refractivity (Wildman–Crippen MR) is 80.1 cm³/mol. The Labute approximate surface area is 127 Å². The van der Waals surface area contributed by atoms with Crippen LogP contribution in [-0.4, -0.2) is 28.4 Å². The number of aromatic hydroxyl groups is 3. The number of rotatable bonds is 1. The highest BCUT2D eigenvalue weighted by atomic mass is 35.5. The standard InChI is InChI=1S/C16H16ClNO3/c17-15-11-5-6-18-8-13(9-1-3-10(19)4-2-9)12(11)7-14(20)16(15)21/h1-4,7,13,18-21H,5-6,8H2/p+1. The molecule has 1 aliphatic heterocycles. The van der Waals surface area contributed by atoms with Crippen molar-refractivity contribution in [2.45, 2.75) is 12.3 Å². The normalized spacial score (nSPS) is 18.0. The second-order valence-electron chi connectivity index (χ2n) is 5.33. The summed E-state index contributed by atoms with van der Waals surface area (Å²) in [4.78, 5) is 0. The number of phenols is 3. The molecule has 0 radical (unpaired) electrons. The minimum Gasteiger partial charge on any atom is -0.508 e. The van der Waals surface area contributed by atoms with Crippen molar-refractivity contribution in [2.24, 2.45) is 0 Å². The Hall–Kier alpha value is -1.91. The van der Waals surface area contributed by atoms with Gasteiger partial charge in [-0.2, -0.15) is 0 Å². The van der Waals surface area contributed by atoms with Crippen LogP contribution in [0.4, 0.5) is 0 Å². The molecule has 5 heteroatoms. The molecule has 0 spiro atoms. The highest BCUT2D eigenvalue weighted by molar-refractivity contribution is 6.33. The first kappa shape index (κ1) is 14.0. The van der Waals surface area contributed by atoms with E-state index in [-0.39, 0.29) is 28.2 Å². The Balaban J connectivity index is 2.14. The molecule has 1 heterocycles. The number of nitrogens with two attached hydrogens (primary N) is 1. The van der Waals surface area contributed by atoms with E-state index in [9.17, 15) is 15.3 Å². The van der Waals surface area contributed by atoms with Crippen LogP contribution in [0.1, 0.15) is 22.6 Å². The van der Waals surface area contributed by atoms with E-state index < -0.39 is 0 Å². The molecule has 21 heavy (non-hydrogen) atoms. The second-order valence-corrected chi connectivity index (χ2v) is 5.71. The van der Waals surface area contributed by atoms with Crippen molar-refractivity contribution in [2.75, 3.05) is 13.1 Å². The minimum absolute atomic E-state index is 0.0621. The van der Waals surface area contributed by atoms with Crippen molar-refractivity contribution in [1.29, 1.82) is 0 Å². The molecule has 3 rings (SSSR count). The smallest absolute Gasteiger partial charge is 0.176 e. The van der Waals surface area contributed by atoms with E-state index in [2.05, 4.69) is 5.32 Å². The number of halogens is 1. The Morgan fingerprint density at radius 2 is 1.81 bits per heavy atom. The van der Waals surface area contributed by atoms with Gasteiger partial charge in [-0.15, -0.1) is 0 Å². The highest BCUT2D eigenvalue weighted by Gasteiger charge is 2.27. The third-order valence-corrected chi connectivity index (χ3v) is 4.43. The molecule has 1 unspecified atom stereocenters. The third-order valence-electron chi connectivity index (χ3n) is 4.03. The lowest BCUT2D eigenvalue weighted by molar-refractivity contribution is -0.654. The Bertz CT molecular complexity index is 670. The van der Waals surface area contributed by atoms with E-state index in [1.807, 2.05) is 12.1 Å². The van der Waals surface area contributed by atoms with E-state index in [0.717, 1.165) is 36.2 Å². The monoisotopic (exact) mass is 306 g/mol. The van der Waals surface area contributed by atoms with E-state index >= 15 is 0 Å². The average Bonchev–Trinajstić information content (AvgIpc) is 2.68. The maximum Gasteiger partial charge on any atom is 0.176 e. The molecule has 0 bridgehead atoms. The summed E-state index contributed by atoms with van der Waals surface area (Å²) in [5.41, 5.74) is 2.88. The number of fused-ring (bicyclic) bond motifs is 1. The molecule has 4 nitrogen and oxygen atoms in total. The van der Waals surface area contributed by atoms with Crippen molar-refractivity contribution in [3.8, 4) is 17.2 Å². The molecule has 5 N–H and O–H groups in total. The quantitative estimate of drug-likeness (QED) is 0.606. The zero-order valence-corrected chi connectivity index (χ0v) is 12.1. The van der Waals surface area contributed by atoms with Crippen LogP contribution in [0.3, 0.4) is 0 Å². The van der Waals surface area contributed by atoms with Crippen molar-refractivity contribution in [3.63, 3.8) is 0 Å². The van der Waals surface area contributed by atoms with Crippen LogP contribution in [0.15, 0.2) is 30.3 Å². The summed E-state index contributed by atoms with van der Waals surface area (Å²) in [6.07, 6.45) is 0.747. The first-order valence-electron chi connectivity index (χ1n) is 6.91. The van der Waals surface area contributed by atoms with Gasteiger partial charge in [0.05, 0.1) is 24.0 Å². The summed E-state index contributed by atoms with van der Waals surface area (Å²) in [5.74, 6) is -0.151. The zero-order valence-electron chi connectivity index (χ0n) is 11.4. The van der Waals surface area contributed by atoms with E-state index in [1.165, 1.54) is 0 Å². The molecule has 0 aromatic heterocycles. The molecule has 0 amide bonds. The van der Waals surface area contributed by atoms with Gasteiger partial charge in [-0.1, -0.05) is 23.7 Å². The maximum atomic E-state index is 9.87. The van der Waals surface area contributed by atoms with Gasteiger partial charge in [-0.25, -0.2) is 0 Å². The van der Waals surface area contributed by atoms with E-state index in [4.69, 9.17) is 11.6 Å². The molecule has 110 valence electrons. The van der Waals surface area contributed by atoms with Gasteiger partial charge in [0, 0.05) is 6.42 Å². The molecule has 2 aromatic rings. The van der Waals surface area contributed by atoms with Crippen LogP contribution in [0.2, 0.25) is 5.02 Å². The Kier molecular flexibility index (Phi) is 3.66. The van der Waals surface area contributed by atoms with Gasteiger partial charge in [0.1, 0.15) is 5.75 Å². The summed E-state index contributed by atoms with van der Waals surface area (Å²) in [5, 5.41) is 31.6. The van der Waals surface area contributed by atoms with Gasteiger partial charge in [0.25, 0.3) is 0 Å². The number of hydrogen-bond acceptors (Lipinski definition) is 3. The summed E-state index contributed by atoms with van der Waals surface area (Å²) < 4.78 is 0. The van der Waals surface area contributed by atoms with Gasteiger partial charge >= 0.3 is 0 Å². The number of hydrogen-bond donors (Lipinski definition) is 4. The summed E-state index contributed by atoms with van der Waals surface area (Å²) in [6.45, 7) is 1.71. The lowest BCUT2D eigenvalue weighted by atomic mass is 9.87. The second kappa shape index (κ2) is 5.47. The maximum absolute atomic E-state index is 9.87. The Morgan fingerprint density at radius 3 is 2.52 bits per heavy atom. The van der Waals surface area contributed by atoms with Crippen molar-refractivity contribution >= 4 is 11.6 Å². The zero-order chi connectivity index (χ0) is 15.0. The van der Waals surface area contributed by atoms with Crippen LogP contribution >= 0.6 is 11.6 Å². The Morgan fingerprint density at radius 1 is 1.10 bits per heavy atom. The van der Waals surface area contributed by atoms with Crippen LogP contribution in [0, 0.1) is 0 Å². The largest absolute Gasteiger partial charge is 0.508 e. The van der Waals surface area contributed by atoms with Gasteiger partial charge in [0.15, 0.2) is 11.5 Å². The van der Waals surface area contributed by atoms with Crippen molar-refractivity contribution in [1.82, 2.24) is 0 Å². The number of quaternary nitrogens is 1. The summed E-state index contributed by atoms with van der Waals surface area (Å²) >= 11 is 6.20. The van der Waals surface area contributed by atoms with Gasteiger partial charge in [-0.05, 0) is 34.9 Å². The van der Waals surface area contributed by atoms with Gasteiger partial charge in [0.2, 0.25) is 0 Å². The fourth-order valence-electron chi connectivity index (χ4n) is 2.93. The molecule has 1 atom stereocenters. The lowest BCUT2D eigenvalue weighted by Gasteiger charge is -2.18. The van der Waals surface area contributed by atoms with Crippen LogP contribution in [0.25, 0.3) is 0 Å². The molecule has 2 aromatic carbocycles. The summed E-state index contributed by atoms with van der Waals surface area (Å²) in [7, 11) is 0. The first-order valence-corrected chi connectivity index (χ1v) is 7.29. The molecule has 0 saturated heterocycles. The van der Waals surface area contributed by atoms with E-state index in [1.54, 1.807) is 18.2 Å². The molecule has 1 aliphatic rings. The lowest BCUT2D eigenvalue weighted by Crippen LogP contribution is -2.85. The van der Waals surface area contributed by atoms with Gasteiger partial charge in [-0.3, -0.25) is 0 Å². The van der Waals surface area contributed by atoms with Crippen molar-refractivity contribution in [3.05, 3.63) is 52.0 Å².